The Morgan fingerprint density at radius 3 is 2.95 bits per heavy atom. The van der Waals surface area contributed by atoms with Crippen LogP contribution in [0.3, 0.4) is 0 Å². The molecule has 1 aliphatic heterocycles. The summed E-state index contributed by atoms with van der Waals surface area (Å²) in [7, 11) is 0. The van der Waals surface area contributed by atoms with Crippen LogP contribution < -0.4 is 5.32 Å². The van der Waals surface area contributed by atoms with Crippen molar-refractivity contribution in [3.05, 3.63) is 35.4 Å². The van der Waals surface area contributed by atoms with Gasteiger partial charge in [0.15, 0.2) is 0 Å². The summed E-state index contributed by atoms with van der Waals surface area (Å²) in [6.07, 6.45) is 0. The van der Waals surface area contributed by atoms with Crippen molar-refractivity contribution in [3.8, 4) is 6.07 Å². The molecule has 0 aliphatic carbocycles. The maximum atomic E-state index is 11.8. The molecule has 0 saturated carbocycles. The first kappa shape index (κ1) is 14.9. The quantitative estimate of drug-likeness (QED) is 0.858. The molecular formula is C15H19N3OS. The zero-order valence-electron chi connectivity index (χ0n) is 11.6. The molecule has 1 heterocycles. The number of benzene rings is 1. The number of amides is 1. The molecule has 4 nitrogen and oxygen atoms in total. The Balaban J connectivity index is 2.03. The zero-order valence-corrected chi connectivity index (χ0v) is 12.4. The van der Waals surface area contributed by atoms with Crippen molar-refractivity contribution in [2.75, 3.05) is 31.1 Å². The predicted molar refractivity (Wildman–Crippen MR) is 81.4 cm³/mol. The molecule has 0 radical (unpaired) electrons. The van der Waals surface area contributed by atoms with Crippen LogP contribution in [-0.2, 0) is 4.79 Å². The topological polar surface area (TPSA) is 56.1 Å². The van der Waals surface area contributed by atoms with Crippen LogP contribution in [0.2, 0.25) is 0 Å². The van der Waals surface area contributed by atoms with E-state index in [9.17, 15) is 4.79 Å². The zero-order chi connectivity index (χ0) is 14.4. The SMILES string of the molecule is Cc1ccc([C@H]2CSCCN2CC(=O)NCC#N)cc1. The van der Waals surface area contributed by atoms with Gasteiger partial charge < -0.3 is 5.32 Å². The van der Waals surface area contributed by atoms with E-state index >= 15 is 0 Å². The highest BCUT2D eigenvalue weighted by Crippen LogP contribution is 2.29. The lowest BCUT2D eigenvalue weighted by Crippen LogP contribution is -2.43. The van der Waals surface area contributed by atoms with Gasteiger partial charge >= 0.3 is 0 Å². The standard InChI is InChI=1S/C15H19N3OS/c1-12-2-4-13(5-3-12)14-11-20-9-8-18(14)10-15(19)17-7-6-16/h2-5,14H,7-11H2,1H3,(H,17,19)/t14-/m1/s1. The van der Waals surface area contributed by atoms with E-state index in [-0.39, 0.29) is 18.5 Å². The van der Waals surface area contributed by atoms with Crippen LogP contribution >= 0.6 is 11.8 Å². The molecule has 5 heteroatoms. The average Bonchev–Trinajstić information content (AvgIpc) is 2.47. The first-order valence-electron chi connectivity index (χ1n) is 6.72. The highest BCUT2D eigenvalue weighted by Gasteiger charge is 2.25. The van der Waals surface area contributed by atoms with Crippen molar-refractivity contribution in [1.82, 2.24) is 10.2 Å². The van der Waals surface area contributed by atoms with E-state index in [2.05, 4.69) is 41.4 Å². The molecule has 1 fully saturated rings. The summed E-state index contributed by atoms with van der Waals surface area (Å²) in [6, 6.07) is 10.7. The second kappa shape index (κ2) is 7.32. The number of nitrogens with one attached hydrogen (secondary N) is 1. The average molecular weight is 289 g/mol. The summed E-state index contributed by atoms with van der Waals surface area (Å²) in [5, 5.41) is 11.1. The second-order valence-electron chi connectivity index (χ2n) is 4.91. The van der Waals surface area contributed by atoms with Crippen LogP contribution in [-0.4, -0.2) is 41.9 Å². The van der Waals surface area contributed by atoms with E-state index in [0.717, 1.165) is 18.1 Å². The molecule has 1 saturated heterocycles. The number of carbonyl (C=O) groups is 1. The molecule has 1 aromatic rings. The number of nitriles is 1. The molecule has 2 rings (SSSR count). The molecule has 1 atom stereocenters. The van der Waals surface area contributed by atoms with E-state index in [0.29, 0.717) is 6.54 Å². The summed E-state index contributed by atoms with van der Waals surface area (Å²) >= 11 is 1.93. The van der Waals surface area contributed by atoms with Crippen molar-refractivity contribution in [3.63, 3.8) is 0 Å². The summed E-state index contributed by atoms with van der Waals surface area (Å²) in [5.41, 5.74) is 2.51. The van der Waals surface area contributed by atoms with Gasteiger partial charge in [-0.1, -0.05) is 29.8 Å². The minimum Gasteiger partial charge on any atom is -0.342 e. The van der Waals surface area contributed by atoms with E-state index in [1.54, 1.807) is 0 Å². The van der Waals surface area contributed by atoms with Crippen LogP contribution in [0.25, 0.3) is 0 Å². The molecule has 0 aromatic heterocycles. The summed E-state index contributed by atoms with van der Waals surface area (Å²) in [4.78, 5) is 14.0. The van der Waals surface area contributed by atoms with Gasteiger partial charge in [0.1, 0.15) is 6.54 Å². The molecule has 0 unspecified atom stereocenters. The lowest BCUT2D eigenvalue weighted by molar-refractivity contribution is -0.122. The Labute approximate surface area is 124 Å². The monoisotopic (exact) mass is 289 g/mol. The number of hydrogen-bond donors (Lipinski definition) is 1. The third-order valence-corrected chi connectivity index (χ3v) is 4.44. The Morgan fingerprint density at radius 1 is 1.50 bits per heavy atom. The summed E-state index contributed by atoms with van der Waals surface area (Å²) < 4.78 is 0. The first-order chi connectivity index (χ1) is 9.70. The van der Waals surface area contributed by atoms with Crippen LogP contribution in [0.15, 0.2) is 24.3 Å². The van der Waals surface area contributed by atoms with Crippen LogP contribution in [0.5, 0.6) is 0 Å². The van der Waals surface area contributed by atoms with Crippen molar-refractivity contribution in [2.24, 2.45) is 0 Å². The van der Waals surface area contributed by atoms with Gasteiger partial charge in [-0.05, 0) is 12.5 Å². The van der Waals surface area contributed by atoms with Crippen LogP contribution in [0, 0.1) is 18.3 Å². The maximum Gasteiger partial charge on any atom is 0.235 e. The molecule has 0 bridgehead atoms. The number of rotatable bonds is 4. The number of aryl methyl sites for hydroxylation is 1. The maximum absolute atomic E-state index is 11.8. The smallest absolute Gasteiger partial charge is 0.235 e. The normalized spacial score (nSPS) is 19.3. The minimum atomic E-state index is -0.0736. The largest absolute Gasteiger partial charge is 0.342 e. The molecule has 106 valence electrons. The van der Waals surface area contributed by atoms with Gasteiger partial charge in [-0.2, -0.15) is 17.0 Å². The summed E-state index contributed by atoms with van der Waals surface area (Å²) in [6.45, 7) is 3.42. The molecule has 1 N–H and O–H groups in total. The highest BCUT2D eigenvalue weighted by molar-refractivity contribution is 7.99. The van der Waals surface area contributed by atoms with E-state index in [4.69, 9.17) is 5.26 Å². The van der Waals surface area contributed by atoms with Crippen LogP contribution in [0.1, 0.15) is 17.2 Å². The fraction of sp³-hybridized carbons (Fsp3) is 0.467. The van der Waals surface area contributed by atoms with Crippen molar-refractivity contribution < 1.29 is 4.79 Å². The van der Waals surface area contributed by atoms with Crippen molar-refractivity contribution >= 4 is 17.7 Å². The number of nitrogens with zero attached hydrogens (tertiary/aromatic N) is 2. The number of thioether (sulfide) groups is 1. The van der Waals surface area contributed by atoms with Gasteiger partial charge in [0, 0.05) is 24.1 Å². The molecule has 1 amide bonds. The van der Waals surface area contributed by atoms with Gasteiger partial charge in [0.2, 0.25) is 5.91 Å². The van der Waals surface area contributed by atoms with Gasteiger partial charge in [-0.25, -0.2) is 0 Å². The van der Waals surface area contributed by atoms with E-state index < -0.39 is 0 Å². The highest BCUT2D eigenvalue weighted by atomic mass is 32.2. The van der Waals surface area contributed by atoms with Crippen molar-refractivity contribution in [2.45, 2.75) is 13.0 Å². The molecule has 20 heavy (non-hydrogen) atoms. The van der Waals surface area contributed by atoms with Gasteiger partial charge in [-0.15, -0.1) is 0 Å². The fourth-order valence-corrected chi connectivity index (χ4v) is 3.46. The Hall–Kier alpha value is -1.51. The van der Waals surface area contributed by atoms with Gasteiger partial charge in [-0.3, -0.25) is 9.69 Å². The third-order valence-electron chi connectivity index (χ3n) is 3.41. The predicted octanol–water partition coefficient (Wildman–Crippen LogP) is 1.72. The summed E-state index contributed by atoms with van der Waals surface area (Å²) in [5.74, 6) is 1.98. The van der Waals surface area contributed by atoms with Crippen LogP contribution in [0.4, 0.5) is 0 Å². The molecule has 0 spiro atoms. The molecule has 1 aromatic carbocycles. The van der Waals surface area contributed by atoms with Crippen molar-refractivity contribution in [1.29, 1.82) is 5.26 Å². The second-order valence-corrected chi connectivity index (χ2v) is 6.06. The Morgan fingerprint density at radius 2 is 2.25 bits per heavy atom. The van der Waals surface area contributed by atoms with Gasteiger partial charge in [0.05, 0.1) is 12.6 Å². The lowest BCUT2D eigenvalue weighted by atomic mass is 10.0. The Kier molecular flexibility index (Phi) is 5.45. The Bertz CT molecular complexity index is 495. The lowest BCUT2D eigenvalue weighted by Gasteiger charge is -2.35. The molecular weight excluding hydrogens is 270 g/mol. The minimum absolute atomic E-state index is 0.0736. The number of hydrogen-bond acceptors (Lipinski definition) is 4. The number of carbonyl (C=O) groups excluding carboxylic acids is 1. The van der Waals surface area contributed by atoms with E-state index in [1.165, 1.54) is 11.1 Å². The fourth-order valence-electron chi connectivity index (χ4n) is 2.30. The van der Waals surface area contributed by atoms with Gasteiger partial charge in [0.25, 0.3) is 0 Å². The molecule has 1 aliphatic rings. The third kappa shape index (κ3) is 3.99. The van der Waals surface area contributed by atoms with E-state index in [1.807, 2.05) is 17.8 Å². The first-order valence-corrected chi connectivity index (χ1v) is 7.88.